The Hall–Kier alpha value is -2.75. The van der Waals surface area contributed by atoms with Crippen LogP contribution in [0, 0.1) is 11.3 Å². The van der Waals surface area contributed by atoms with E-state index in [1.54, 1.807) is 7.11 Å². The Morgan fingerprint density at radius 1 is 0.972 bits per heavy atom. The summed E-state index contributed by atoms with van der Waals surface area (Å²) in [4.78, 5) is 13.2. The number of carbonyl (C=O) groups is 1. The lowest BCUT2D eigenvalue weighted by molar-refractivity contribution is -0.143. The third-order valence-corrected chi connectivity index (χ3v) is 6.96. The predicted octanol–water partition coefficient (Wildman–Crippen LogP) is 6.33. The monoisotopic (exact) mass is 516 g/mol. The van der Waals surface area contributed by atoms with Gasteiger partial charge in [0.2, 0.25) is 5.91 Å². The maximum Gasteiger partial charge on any atom is 0.416 e. The molecule has 198 valence electrons. The van der Waals surface area contributed by atoms with Gasteiger partial charge in [0.05, 0.1) is 23.7 Å². The minimum absolute atomic E-state index is 0.0469. The summed E-state index contributed by atoms with van der Waals surface area (Å²) in [5, 5.41) is 6.06. The van der Waals surface area contributed by atoms with Crippen molar-refractivity contribution < 1.29 is 35.9 Å². The molecular formula is C26H30F6N2O2. The number of ether oxygens (including phenoxy) is 1. The minimum Gasteiger partial charge on any atom is -0.497 e. The molecule has 0 unspecified atom stereocenters. The molecule has 1 amide bonds. The largest absolute Gasteiger partial charge is 0.497 e. The molecule has 2 atom stereocenters. The second-order valence-corrected chi connectivity index (χ2v) is 9.58. The topological polar surface area (TPSA) is 50.4 Å². The fourth-order valence-electron chi connectivity index (χ4n) is 4.73. The molecule has 0 aromatic heterocycles. The van der Waals surface area contributed by atoms with E-state index in [9.17, 15) is 31.1 Å². The number of rotatable bonds is 8. The van der Waals surface area contributed by atoms with Crippen LogP contribution in [-0.4, -0.2) is 19.1 Å². The van der Waals surface area contributed by atoms with E-state index in [4.69, 9.17) is 4.74 Å². The molecule has 1 aliphatic carbocycles. The van der Waals surface area contributed by atoms with Crippen LogP contribution >= 0.6 is 0 Å². The molecule has 0 heterocycles. The van der Waals surface area contributed by atoms with Crippen LogP contribution in [0.3, 0.4) is 0 Å². The van der Waals surface area contributed by atoms with Gasteiger partial charge in [-0.3, -0.25) is 4.79 Å². The van der Waals surface area contributed by atoms with E-state index in [0.717, 1.165) is 17.7 Å². The number of hydrogen-bond acceptors (Lipinski definition) is 3. The molecule has 0 radical (unpaired) electrons. The molecule has 3 rings (SSSR count). The molecule has 2 N–H and O–H groups in total. The molecule has 1 aliphatic rings. The van der Waals surface area contributed by atoms with Gasteiger partial charge in [-0.25, -0.2) is 0 Å². The van der Waals surface area contributed by atoms with Crippen LogP contribution in [0.15, 0.2) is 42.5 Å². The van der Waals surface area contributed by atoms with Gasteiger partial charge in [-0.15, -0.1) is 0 Å². The zero-order chi connectivity index (χ0) is 26.7. The molecule has 4 nitrogen and oxygen atoms in total. The Balaban J connectivity index is 1.68. The highest BCUT2D eigenvalue weighted by Gasteiger charge is 2.47. The first-order valence-corrected chi connectivity index (χ1v) is 11.7. The van der Waals surface area contributed by atoms with E-state index in [2.05, 4.69) is 10.6 Å². The summed E-state index contributed by atoms with van der Waals surface area (Å²) in [6.45, 7) is 3.97. The third-order valence-electron chi connectivity index (χ3n) is 6.96. The number of alkyl halides is 6. The lowest BCUT2D eigenvalue weighted by Crippen LogP contribution is -2.43. The second kappa shape index (κ2) is 10.7. The predicted molar refractivity (Wildman–Crippen MR) is 123 cm³/mol. The normalized spacial score (nSPS) is 20.6. The summed E-state index contributed by atoms with van der Waals surface area (Å²) in [5.41, 5.74) is -2.77. The average Bonchev–Trinajstić information content (AvgIpc) is 3.26. The molecule has 0 spiro atoms. The number of carbonyl (C=O) groups excluding carboxylic acids is 1. The Morgan fingerprint density at radius 3 is 2.06 bits per heavy atom. The van der Waals surface area contributed by atoms with E-state index >= 15 is 0 Å². The van der Waals surface area contributed by atoms with Gasteiger partial charge in [-0.05, 0) is 66.6 Å². The molecule has 0 saturated heterocycles. The maximum atomic E-state index is 13.2. The zero-order valence-electron chi connectivity index (χ0n) is 20.3. The van der Waals surface area contributed by atoms with Crippen LogP contribution < -0.4 is 15.4 Å². The fourth-order valence-corrected chi connectivity index (χ4v) is 4.73. The van der Waals surface area contributed by atoms with Crippen LogP contribution in [0.4, 0.5) is 26.3 Å². The molecule has 10 heteroatoms. The number of amides is 1. The van der Waals surface area contributed by atoms with Gasteiger partial charge in [-0.2, -0.15) is 26.3 Å². The van der Waals surface area contributed by atoms with Crippen LogP contribution in [0.1, 0.15) is 55.4 Å². The van der Waals surface area contributed by atoms with Crippen molar-refractivity contribution in [1.82, 2.24) is 10.6 Å². The number of halogens is 6. The molecule has 0 bridgehead atoms. The van der Waals surface area contributed by atoms with Crippen LogP contribution in [0.5, 0.6) is 5.75 Å². The van der Waals surface area contributed by atoms with Crippen molar-refractivity contribution in [2.24, 2.45) is 11.3 Å². The van der Waals surface area contributed by atoms with E-state index in [-0.39, 0.29) is 29.5 Å². The van der Waals surface area contributed by atoms with Gasteiger partial charge in [0, 0.05) is 19.1 Å². The molecule has 0 aliphatic heterocycles. The molecule has 36 heavy (non-hydrogen) atoms. The summed E-state index contributed by atoms with van der Waals surface area (Å²) < 4.78 is 84.1. The highest BCUT2D eigenvalue weighted by Crippen LogP contribution is 2.45. The average molecular weight is 517 g/mol. The Bertz CT molecular complexity index is 1020. The molecule has 1 saturated carbocycles. The van der Waals surface area contributed by atoms with Crippen molar-refractivity contribution in [1.29, 1.82) is 0 Å². The number of nitrogens with one attached hydrogen (secondary N) is 2. The summed E-state index contributed by atoms with van der Waals surface area (Å²) in [6.07, 6.45) is -8.07. The lowest BCUT2D eigenvalue weighted by Gasteiger charge is -2.32. The summed E-state index contributed by atoms with van der Waals surface area (Å²) in [6, 6.07) is 9.00. The van der Waals surface area contributed by atoms with E-state index in [1.165, 1.54) is 0 Å². The van der Waals surface area contributed by atoms with Gasteiger partial charge >= 0.3 is 12.4 Å². The van der Waals surface area contributed by atoms with Gasteiger partial charge in [0.15, 0.2) is 0 Å². The van der Waals surface area contributed by atoms with Gasteiger partial charge < -0.3 is 15.4 Å². The first-order valence-electron chi connectivity index (χ1n) is 11.7. The first kappa shape index (κ1) is 27.8. The van der Waals surface area contributed by atoms with E-state index < -0.39 is 35.4 Å². The van der Waals surface area contributed by atoms with Crippen molar-refractivity contribution in [3.8, 4) is 5.75 Å². The van der Waals surface area contributed by atoms with E-state index in [1.807, 2.05) is 38.1 Å². The quantitative estimate of drug-likeness (QED) is 0.403. The van der Waals surface area contributed by atoms with Crippen molar-refractivity contribution in [3.63, 3.8) is 0 Å². The Morgan fingerprint density at radius 2 is 1.56 bits per heavy atom. The minimum atomic E-state index is -4.94. The maximum absolute atomic E-state index is 13.2. The smallest absolute Gasteiger partial charge is 0.416 e. The number of methoxy groups -OCH3 is 1. The fraction of sp³-hybridized carbons (Fsp3) is 0.500. The molecule has 2 aromatic carbocycles. The van der Waals surface area contributed by atoms with Crippen LogP contribution in [0.25, 0.3) is 0 Å². The first-order chi connectivity index (χ1) is 16.7. The SMILES string of the molecule is COc1ccc(CN[C@@H]2CC[C@@](C(=O)NCc3cc(C(F)(F)F)cc(C(F)(F)F)c3)(C(C)C)C2)cc1. The lowest BCUT2D eigenvalue weighted by atomic mass is 9.74. The zero-order valence-corrected chi connectivity index (χ0v) is 20.3. The Labute approximate surface area is 206 Å². The van der Waals surface area contributed by atoms with Gasteiger partial charge in [0.25, 0.3) is 0 Å². The molecule has 2 aromatic rings. The highest BCUT2D eigenvalue weighted by molar-refractivity contribution is 5.83. The standard InChI is InChI=1S/C26H30F6N2O2/c1-16(2)24(9-8-21(13-24)33-14-17-4-6-22(36-3)7-5-17)23(35)34-15-18-10-19(25(27,28)29)12-20(11-18)26(30,31)32/h4-7,10-12,16,21,33H,8-9,13-15H2,1-3H3,(H,34,35)/t21-,24+/m1/s1. The van der Waals surface area contributed by atoms with Crippen LogP contribution in [-0.2, 0) is 30.2 Å². The number of benzene rings is 2. The van der Waals surface area contributed by atoms with Crippen molar-refractivity contribution >= 4 is 5.91 Å². The summed E-state index contributed by atoms with van der Waals surface area (Å²) in [7, 11) is 1.59. The molecular weight excluding hydrogens is 486 g/mol. The van der Waals surface area contributed by atoms with Crippen molar-refractivity contribution in [2.45, 2.75) is 64.6 Å². The van der Waals surface area contributed by atoms with E-state index in [0.29, 0.717) is 31.5 Å². The highest BCUT2D eigenvalue weighted by atomic mass is 19.4. The summed E-state index contributed by atoms with van der Waals surface area (Å²) >= 11 is 0. The Kier molecular flexibility index (Phi) is 8.27. The van der Waals surface area contributed by atoms with Gasteiger partial charge in [-0.1, -0.05) is 26.0 Å². The number of hydrogen-bond donors (Lipinski definition) is 2. The van der Waals surface area contributed by atoms with Gasteiger partial charge in [0.1, 0.15) is 5.75 Å². The molecule has 1 fully saturated rings. The van der Waals surface area contributed by atoms with Crippen LogP contribution in [0.2, 0.25) is 0 Å². The third kappa shape index (κ3) is 6.52. The van der Waals surface area contributed by atoms with Crippen molar-refractivity contribution in [2.75, 3.05) is 7.11 Å². The second-order valence-electron chi connectivity index (χ2n) is 9.58. The van der Waals surface area contributed by atoms with Crippen molar-refractivity contribution in [3.05, 3.63) is 64.7 Å². The summed E-state index contributed by atoms with van der Waals surface area (Å²) in [5.74, 6) is 0.313.